The number of ether oxygens (including phenoxy) is 4. The number of amides is 2. The molecule has 11 heteroatoms. The second-order valence-electron chi connectivity index (χ2n) is 19.2. The Morgan fingerprint density at radius 2 is 0.927 bits per heavy atom. The molecule has 2 heterocycles. The molecule has 4 atom stereocenters. The zero-order valence-corrected chi connectivity index (χ0v) is 35.2. The lowest BCUT2D eigenvalue weighted by Gasteiger charge is -2.28. The molecule has 0 radical (unpaired) electrons. The summed E-state index contributed by atoms with van der Waals surface area (Å²) in [6.07, 6.45) is 1.54. The van der Waals surface area contributed by atoms with Crippen molar-refractivity contribution in [3.05, 3.63) is 59.7 Å². The van der Waals surface area contributed by atoms with Crippen molar-refractivity contribution in [3.63, 3.8) is 0 Å². The Labute approximate surface area is 328 Å². The van der Waals surface area contributed by atoms with Gasteiger partial charge in [0.25, 0.3) is 0 Å². The highest BCUT2D eigenvalue weighted by Crippen LogP contribution is 2.33. The summed E-state index contributed by atoms with van der Waals surface area (Å²) in [6, 6.07) is 16.0. The minimum absolute atomic E-state index is 0.0790. The molecule has 0 spiro atoms. The summed E-state index contributed by atoms with van der Waals surface area (Å²) in [7, 11) is 0. The average Bonchev–Trinajstić information content (AvgIpc) is 3.71. The average molecular weight is 764 g/mol. The van der Waals surface area contributed by atoms with Gasteiger partial charge in [-0.1, -0.05) is 24.3 Å². The molecule has 11 nitrogen and oxygen atoms in total. The summed E-state index contributed by atoms with van der Waals surface area (Å²) < 4.78 is 23.0. The molecule has 2 aliphatic rings. The molecule has 1 N–H and O–H groups in total. The molecular formula is C44H65N3O8. The first-order chi connectivity index (χ1) is 25.3. The van der Waals surface area contributed by atoms with Gasteiger partial charge in [-0.05, 0) is 156 Å². The molecule has 0 aromatic heterocycles. The number of anilines is 2. The lowest BCUT2D eigenvalue weighted by molar-refractivity contribution is -0.163. The van der Waals surface area contributed by atoms with Gasteiger partial charge < -0.3 is 34.1 Å². The predicted molar refractivity (Wildman–Crippen MR) is 214 cm³/mol. The number of nitrogens with one attached hydrogen (secondary N) is 1. The Morgan fingerprint density at radius 1 is 0.582 bits per heavy atom. The third kappa shape index (κ3) is 14.1. The minimum Gasteiger partial charge on any atom is -0.460 e. The number of likely N-dealkylation sites (tertiary alicyclic amines) is 2. The molecule has 2 saturated heterocycles. The smallest absolute Gasteiger partial charge is 0.410 e. The van der Waals surface area contributed by atoms with E-state index in [-0.39, 0.29) is 36.0 Å². The maximum Gasteiger partial charge on any atom is 0.410 e. The van der Waals surface area contributed by atoms with Gasteiger partial charge in [0, 0.05) is 37.6 Å². The number of hydrogen-bond acceptors (Lipinski definition) is 9. The number of carbonyl (C=O) groups is 4. The van der Waals surface area contributed by atoms with Crippen LogP contribution in [0.1, 0.15) is 107 Å². The van der Waals surface area contributed by atoms with Gasteiger partial charge in [-0.25, -0.2) is 9.59 Å². The van der Waals surface area contributed by atoms with Crippen LogP contribution >= 0.6 is 0 Å². The standard InChI is InChI=1S/C44H65N3O8/c1-41(2,3)52-37(48)35(31-19-21-46(27-31)39(50)54-43(7,8)9)25-29-15-13-17-33(23-29)45-34-18-14-16-30(24-34)26-36(38(49)53-42(4,5)6)32-20-22-47(28-32)40(51)55-44(10,11)12/h13-18,23-24,31-32,35-36,45H,19-22,25-28H2,1-12H3/t31-,32-,35-,36-/m0/s1. The SMILES string of the molecule is CC(C)(C)OC(=O)[C@@H](Cc1cccc(Nc2cccc(C[C@H](C(=O)OC(C)(C)C)[C@H]3CCN(C(=O)OC(C)(C)C)C3)c2)c1)[C@H]1CCN(C(=O)OC(C)(C)C)C1. The van der Waals surface area contributed by atoms with E-state index in [0.29, 0.717) is 51.9 Å². The van der Waals surface area contributed by atoms with Crippen LogP contribution < -0.4 is 5.32 Å². The van der Waals surface area contributed by atoms with Crippen LogP contribution in [0.2, 0.25) is 0 Å². The lowest BCUT2D eigenvalue weighted by Crippen LogP contribution is -2.38. The Morgan fingerprint density at radius 3 is 1.25 bits per heavy atom. The highest BCUT2D eigenvalue weighted by molar-refractivity contribution is 5.76. The van der Waals surface area contributed by atoms with Crippen molar-refractivity contribution < 1.29 is 38.1 Å². The van der Waals surface area contributed by atoms with Crippen LogP contribution in [0.3, 0.4) is 0 Å². The van der Waals surface area contributed by atoms with Crippen LogP contribution in [-0.2, 0) is 41.4 Å². The summed E-state index contributed by atoms with van der Waals surface area (Å²) in [5.41, 5.74) is 1.14. The summed E-state index contributed by atoms with van der Waals surface area (Å²) in [4.78, 5) is 56.4. The number of carbonyl (C=O) groups excluding carboxylic acids is 4. The highest BCUT2D eigenvalue weighted by atomic mass is 16.6. The number of esters is 2. The van der Waals surface area contributed by atoms with E-state index in [9.17, 15) is 19.2 Å². The summed E-state index contributed by atoms with van der Waals surface area (Å²) in [5.74, 6) is -1.60. The Hall–Kier alpha value is -4.28. The molecule has 0 saturated carbocycles. The minimum atomic E-state index is -0.648. The summed E-state index contributed by atoms with van der Waals surface area (Å²) in [6.45, 7) is 24.2. The zero-order chi connectivity index (χ0) is 40.9. The fraction of sp³-hybridized carbons (Fsp3) is 0.636. The third-order valence-electron chi connectivity index (χ3n) is 9.36. The van der Waals surface area contributed by atoms with Crippen molar-refractivity contribution in [1.82, 2.24) is 9.80 Å². The third-order valence-corrected chi connectivity index (χ3v) is 9.36. The van der Waals surface area contributed by atoms with Crippen LogP contribution in [0.5, 0.6) is 0 Å². The van der Waals surface area contributed by atoms with Gasteiger partial charge >= 0.3 is 24.1 Å². The van der Waals surface area contributed by atoms with Gasteiger partial charge in [0.1, 0.15) is 22.4 Å². The van der Waals surface area contributed by atoms with E-state index in [1.165, 1.54) is 0 Å². The lowest BCUT2D eigenvalue weighted by atomic mass is 9.85. The molecule has 2 fully saturated rings. The van der Waals surface area contributed by atoms with Gasteiger partial charge in [0.05, 0.1) is 11.8 Å². The van der Waals surface area contributed by atoms with Crippen LogP contribution in [0.4, 0.5) is 21.0 Å². The van der Waals surface area contributed by atoms with E-state index < -0.39 is 34.2 Å². The molecule has 55 heavy (non-hydrogen) atoms. The van der Waals surface area contributed by atoms with E-state index in [1.54, 1.807) is 9.80 Å². The highest BCUT2D eigenvalue weighted by Gasteiger charge is 2.40. The van der Waals surface area contributed by atoms with Gasteiger partial charge in [-0.3, -0.25) is 9.59 Å². The molecule has 0 unspecified atom stereocenters. The first-order valence-electron chi connectivity index (χ1n) is 19.7. The normalized spacial score (nSPS) is 19.1. The topological polar surface area (TPSA) is 124 Å². The zero-order valence-electron chi connectivity index (χ0n) is 35.2. The summed E-state index contributed by atoms with van der Waals surface area (Å²) in [5, 5.41) is 3.52. The molecule has 2 aromatic rings. The van der Waals surface area contributed by atoms with Crippen LogP contribution in [-0.4, -0.2) is 82.5 Å². The van der Waals surface area contributed by atoms with Gasteiger partial charge in [-0.2, -0.15) is 0 Å². The van der Waals surface area contributed by atoms with E-state index >= 15 is 0 Å². The molecule has 2 aliphatic heterocycles. The molecule has 304 valence electrons. The monoisotopic (exact) mass is 763 g/mol. The molecule has 2 amide bonds. The fourth-order valence-corrected chi connectivity index (χ4v) is 7.08. The van der Waals surface area contributed by atoms with Crippen LogP contribution in [0.25, 0.3) is 0 Å². The molecule has 4 rings (SSSR count). The number of hydrogen-bond donors (Lipinski definition) is 1. The first-order valence-corrected chi connectivity index (χ1v) is 19.7. The van der Waals surface area contributed by atoms with Gasteiger partial charge in [-0.15, -0.1) is 0 Å². The van der Waals surface area contributed by atoms with Crippen molar-refractivity contribution in [2.24, 2.45) is 23.7 Å². The second kappa shape index (κ2) is 17.2. The van der Waals surface area contributed by atoms with E-state index in [0.717, 1.165) is 22.5 Å². The van der Waals surface area contributed by atoms with Crippen LogP contribution in [0, 0.1) is 23.7 Å². The van der Waals surface area contributed by atoms with Crippen molar-refractivity contribution in [1.29, 1.82) is 0 Å². The van der Waals surface area contributed by atoms with Gasteiger partial charge in [0.2, 0.25) is 0 Å². The quantitative estimate of drug-likeness (QED) is 0.187. The number of rotatable bonds is 10. The summed E-state index contributed by atoms with van der Waals surface area (Å²) >= 11 is 0. The van der Waals surface area contributed by atoms with Gasteiger partial charge in [0.15, 0.2) is 0 Å². The Bertz CT molecular complexity index is 1540. The Kier molecular flexibility index (Phi) is 13.6. The molecule has 2 aromatic carbocycles. The van der Waals surface area contributed by atoms with E-state index in [2.05, 4.69) is 5.32 Å². The molecule has 0 aliphatic carbocycles. The predicted octanol–water partition coefficient (Wildman–Crippen LogP) is 8.95. The van der Waals surface area contributed by atoms with E-state index in [4.69, 9.17) is 18.9 Å². The number of nitrogens with zero attached hydrogens (tertiary/aromatic N) is 2. The number of benzene rings is 2. The van der Waals surface area contributed by atoms with Crippen LogP contribution in [0.15, 0.2) is 48.5 Å². The maximum absolute atomic E-state index is 13.7. The fourth-order valence-electron chi connectivity index (χ4n) is 7.08. The Balaban J connectivity index is 1.50. The van der Waals surface area contributed by atoms with Crippen molar-refractivity contribution in [2.45, 2.75) is 131 Å². The second-order valence-corrected chi connectivity index (χ2v) is 19.2. The first kappa shape index (κ1) is 43.4. The van der Waals surface area contributed by atoms with Crippen molar-refractivity contribution >= 4 is 35.5 Å². The largest absolute Gasteiger partial charge is 0.460 e. The molecular weight excluding hydrogens is 698 g/mol. The molecule has 0 bridgehead atoms. The van der Waals surface area contributed by atoms with Crippen molar-refractivity contribution in [2.75, 3.05) is 31.5 Å². The maximum atomic E-state index is 13.7. The van der Waals surface area contributed by atoms with Crippen molar-refractivity contribution in [3.8, 4) is 0 Å². The van der Waals surface area contributed by atoms with E-state index in [1.807, 2.05) is 132 Å².